The highest BCUT2D eigenvalue weighted by Crippen LogP contribution is 2.18. The Labute approximate surface area is 74.5 Å². The Morgan fingerprint density at radius 2 is 2.50 bits per heavy atom. The molecule has 0 radical (unpaired) electrons. The first-order chi connectivity index (χ1) is 5.74. The van der Waals surface area contributed by atoms with E-state index in [0.717, 1.165) is 4.88 Å². The first kappa shape index (κ1) is 9.18. The third-order valence-corrected chi connectivity index (χ3v) is 2.48. The average molecular weight is 185 g/mol. The summed E-state index contributed by atoms with van der Waals surface area (Å²) in [7, 11) is 0. The summed E-state index contributed by atoms with van der Waals surface area (Å²) in [5.41, 5.74) is 7.75. The maximum atomic E-state index is 10.8. The minimum atomic E-state index is -0.242. The molecule has 1 rings (SSSR count). The lowest BCUT2D eigenvalue weighted by Gasteiger charge is -2.06. The molecule has 66 valence electrons. The SMILES string of the molecule is NNC(=O)CC(N)c1cccs1. The van der Waals surface area contributed by atoms with Crippen molar-refractivity contribution in [2.45, 2.75) is 12.5 Å². The molecular weight excluding hydrogens is 174 g/mol. The van der Waals surface area contributed by atoms with Crippen LogP contribution in [-0.4, -0.2) is 5.91 Å². The first-order valence-corrected chi connectivity index (χ1v) is 4.40. The molecule has 1 atom stereocenters. The van der Waals surface area contributed by atoms with E-state index in [4.69, 9.17) is 11.6 Å². The smallest absolute Gasteiger partial charge is 0.235 e. The topological polar surface area (TPSA) is 81.1 Å². The number of amides is 1. The summed E-state index contributed by atoms with van der Waals surface area (Å²) >= 11 is 1.54. The van der Waals surface area contributed by atoms with Crippen molar-refractivity contribution in [3.63, 3.8) is 0 Å². The fourth-order valence-electron chi connectivity index (χ4n) is 0.862. The summed E-state index contributed by atoms with van der Waals surface area (Å²) in [6.07, 6.45) is 0.233. The normalized spacial score (nSPS) is 12.5. The summed E-state index contributed by atoms with van der Waals surface area (Å²) in [6.45, 7) is 0. The van der Waals surface area contributed by atoms with Gasteiger partial charge in [0.15, 0.2) is 0 Å². The molecule has 0 saturated heterocycles. The number of hydrogen-bond acceptors (Lipinski definition) is 4. The summed E-state index contributed by atoms with van der Waals surface area (Å²) in [6, 6.07) is 3.56. The fourth-order valence-corrected chi connectivity index (χ4v) is 1.59. The number of rotatable bonds is 3. The van der Waals surface area contributed by atoms with Crippen LogP contribution >= 0.6 is 11.3 Å². The van der Waals surface area contributed by atoms with Crippen LogP contribution in [0, 0.1) is 0 Å². The van der Waals surface area contributed by atoms with E-state index in [1.807, 2.05) is 22.9 Å². The number of carbonyl (C=O) groups is 1. The fraction of sp³-hybridized carbons (Fsp3) is 0.286. The molecule has 0 saturated carbocycles. The first-order valence-electron chi connectivity index (χ1n) is 3.52. The number of nitrogens with two attached hydrogens (primary N) is 2. The molecule has 1 unspecified atom stereocenters. The number of thiophene rings is 1. The van der Waals surface area contributed by atoms with Crippen LogP contribution in [0.5, 0.6) is 0 Å². The average Bonchev–Trinajstić information content (AvgIpc) is 2.56. The van der Waals surface area contributed by atoms with Gasteiger partial charge in [0.05, 0.1) is 0 Å². The van der Waals surface area contributed by atoms with E-state index in [2.05, 4.69) is 0 Å². The van der Waals surface area contributed by atoms with E-state index >= 15 is 0 Å². The van der Waals surface area contributed by atoms with Gasteiger partial charge in [0, 0.05) is 17.3 Å². The Bertz CT molecular complexity index is 247. The van der Waals surface area contributed by atoms with Crippen LogP contribution in [0.4, 0.5) is 0 Å². The van der Waals surface area contributed by atoms with Gasteiger partial charge in [0.25, 0.3) is 0 Å². The lowest BCUT2D eigenvalue weighted by atomic mass is 10.2. The zero-order chi connectivity index (χ0) is 8.97. The van der Waals surface area contributed by atoms with Crippen molar-refractivity contribution in [3.8, 4) is 0 Å². The number of nitrogens with one attached hydrogen (secondary N) is 1. The van der Waals surface area contributed by atoms with Crippen LogP contribution in [-0.2, 0) is 4.79 Å². The standard InChI is InChI=1S/C7H11N3OS/c8-5(4-7(11)10-9)6-2-1-3-12-6/h1-3,5H,4,8-9H2,(H,10,11). The predicted octanol–water partition coefficient (Wildman–Crippen LogP) is 0.128. The molecule has 1 aromatic rings. The van der Waals surface area contributed by atoms with Crippen LogP contribution in [0.15, 0.2) is 17.5 Å². The largest absolute Gasteiger partial charge is 0.323 e. The maximum absolute atomic E-state index is 10.8. The van der Waals surface area contributed by atoms with Crippen LogP contribution < -0.4 is 17.0 Å². The number of hydrogen-bond donors (Lipinski definition) is 3. The minimum absolute atomic E-state index is 0.233. The second-order valence-electron chi connectivity index (χ2n) is 2.39. The number of hydrazine groups is 1. The van der Waals surface area contributed by atoms with Gasteiger partial charge in [-0.25, -0.2) is 5.84 Å². The van der Waals surface area contributed by atoms with Gasteiger partial charge in [-0.1, -0.05) is 6.07 Å². The molecule has 1 amide bonds. The van der Waals surface area contributed by atoms with Gasteiger partial charge >= 0.3 is 0 Å². The summed E-state index contributed by atoms with van der Waals surface area (Å²) in [4.78, 5) is 11.8. The van der Waals surface area contributed by atoms with E-state index in [9.17, 15) is 4.79 Å². The van der Waals surface area contributed by atoms with Crippen molar-refractivity contribution in [3.05, 3.63) is 22.4 Å². The molecule has 12 heavy (non-hydrogen) atoms. The van der Waals surface area contributed by atoms with Crippen molar-refractivity contribution in [1.29, 1.82) is 0 Å². The highest BCUT2D eigenvalue weighted by atomic mass is 32.1. The lowest BCUT2D eigenvalue weighted by Crippen LogP contribution is -2.32. The zero-order valence-electron chi connectivity index (χ0n) is 6.49. The van der Waals surface area contributed by atoms with Crippen molar-refractivity contribution >= 4 is 17.2 Å². The van der Waals surface area contributed by atoms with Gasteiger partial charge in [-0.2, -0.15) is 0 Å². The molecule has 1 heterocycles. The molecule has 1 aromatic heterocycles. The highest BCUT2D eigenvalue weighted by Gasteiger charge is 2.10. The van der Waals surface area contributed by atoms with E-state index in [1.54, 1.807) is 0 Å². The van der Waals surface area contributed by atoms with Crippen molar-refractivity contribution in [2.75, 3.05) is 0 Å². The molecule has 5 heteroatoms. The summed E-state index contributed by atoms with van der Waals surface area (Å²) < 4.78 is 0. The van der Waals surface area contributed by atoms with Gasteiger partial charge in [0.2, 0.25) is 5.91 Å². The van der Waals surface area contributed by atoms with Gasteiger partial charge in [-0.15, -0.1) is 11.3 Å². The predicted molar refractivity (Wildman–Crippen MR) is 48.2 cm³/mol. The molecule has 4 nitrogen and oxygen atoms in total. The third-order valence-electron chi connectivity index (χ3n) is 1.47. The summed E-state index contributed by atoms with van der Waals surface area (Å²) in [5, 5.41) is 1.93. The molecule has 0 fully saturated rings. The molecule has 5 N–H and O–H groups in total. The Kier molecular flexibility index (Phi) is 3.21. The number of carbonyl (C=O) groups excluding carboxylic acids is 1. The van der Waals surface area contributed by atoms with E-state index in [1.165, 1.54) is 11.3 Å². The maximum Gasteiger partial charge on any atom is 0.235 e. The molecule has 0 bridgehead atoms. The van der Waals surface area contributed by atoms with Gasteiger partial charge < -0.3 is 5.73 Å². The van der Waals surface area contributed by atoms with Crippen LogP contribution in [0.3, 0.4) is 0 Å². The Hall–Kier alpha value is -0.910. The van der Waals surface area contributed by atoms with E-state index in [-0.39, 0.29) is 18.4 Å². The van der Waals surface area contributed by atoms with E-state index in [0.29, 0.717) is 0 Å². The Balaban J connectivity index is 2.49. The molecule has 0 aromatic carbocycles. The monoisotopic (exact) mass is 185 g/mol. The quantitative estimate of drug-likeness (QED) is 0.355. The van der Waals surface area contributed by atoms with Gasteiger partial charge in [0.1, 0.15) is 0 Å². The molecule has 0 aliphatic heterocycles. The van der Waals surface area contributed by atoms with Crippen LogP contribution in [0.25, 0.3) is 0 Å². The second kappa shape index (κ2) is 4.20. The van der Waals surface area contributed by atoms with Gasteiger partial charge in [-0.05, 0) is 11.4 Å². The van der Waals surface area contributed by atoms with Crippen molar-refractivity contribution in [2.24, 2.45) is 11.6 Å². The Morgan fingerprint density at radius 3 is 3.00 bits per heavy atom. The van der Waals surface area contributed by atoms with Crippen LogP contribution in [0.2, 0.25) is 0 Å². The van der Waals surface area contributed by atoms with Crippen LogP contribution in [0.1, 0.15) is 17.3 Å². The van der Waals surface area contributed by atoms with E-state index < -0.39 is 0 Å². The Morgan fingerprint density at radius 1 is 1.75 bits per heavy atom. The molecular formula is C7H11N3OS. The molecule has 0 aliphatic rings. The van der Waals surface area contributed by atoms with Gasteiger partial charge in [-0.3, -0.25) is 10.2 Å². The molecule has 0 spiro atoms. The lowest BCUT2D eigenvalue weighted by molar-refractivity contribution is -0.121. The van der Waals surface area contributed by atoms with Crippen molar-refractivity contribution < 1.29 is 4.79 Å². The second-order valence-corrected chi connectivity index (χ2v) is 3.37. The highest BCUT2D eigenvalue weighted by molar-refractivity contribution is 7.10. The third kappa shape index (κ3) is 2.30. The zero-order valence-corrected chi connectivity index (χ0v) is 7.30. The summed E-state index contributed by atoms with van der Waals surface area (Å²) in [5.74, 6) is 4.68. The molecule has 0 aliphatic carbocycles. The minimum Gasteiger partial charge on any atom is -0.323 e. The van der Waals surface area contributed by atoms with Crippen molar-refractivity contribution in [1.82, 2.24) is 5.43 Å².